The number of aliphatic imine (C=N–C) groups is 1. The number of nitrogens with one attached hydrogen (secondary N) is 1. The average Bonchev–Trinajstić information content (AvgIpc) is 2.76. The van der Waals surface area contributed by atoms with E-state index in [4.69, 9.17) is 9.47 Å². The van der Waals surface area contributed by atoms with Crippen LogP contribution in [-0.4, -0.2) is 105 Å². The summed E-state index contributed by atoms with van der Waals surface area (Å²) in [5.74, 6) is 1.96. The summed E-state index contributed by atoms with van der Waals surface area (Å²) < 4.78 is 11.2. The van der Waals surface area contributed by atoms with E-state index in [0.717, 1.165) is 37.9 Å². The van der Waals surface area contributed by atoms with Crippen molar-refractivity contribution in [2.75, 3.05) is 72.6 Å². The summed E-state index contributed by atoms with van der Waals surface area (Å²) in [4.78, 5) is 23.2. The number of piperazine rings is 1. The number of carbonyl (C=O) groups is 1. The lowest BCUT2D eigenvalue weighted by atomic mass is 10.3. The van der Waals surface area contributed by atoms with Gasteiger partial charge >= 0.3 is 0 Å². The van der Waals surface area contributed by atoms with Crippen molar-refractivity contribution in [2.45, 2.75) is 13.0 Å². The Bertz CT molecular complexity index is 656. The summed E-state index contributed by atoms with van der Waals surface area (Å²) in [5.41, 5.74) is 0. The molecule has 160 valence electrons. The van der Waals surface area contributed by atoms with Crippen LogP contribution in [0.15, 0.2) is 35.3 Å². The second-order valence-corrected chi connectivity index (χ2v) is 7.43. The maximum absolute atomic E-state index is 12.4. The molecule has 1 aromatic rings. The van der Waals surface area contributed by atoms with Crippen LogP contribution in [-0.2, 0) is 9.53 Å². The van der Waals surface area contributed by atoms with E-state index in [-0.39, 0.29) is 12.0 Å². The van der Waals surface area contributed by atoms with Gasteiger partial charge < -0.3 is 24.6 Å². The topological polar surface area (TPSA) is 69.6 Å². The summed E-state index contributed by atoms with van der Waals surface area (Å²) in [6.45, 7) is 9.33. The first-order valence-electron chi connectivity index (χ1n) is 10.4. The van der Waals surface area contributed by atoms with E-state index < -0.39 is 0 Å². The highest BCUT2D eigenvalue weighted by Crippen LogP contribution is 2.10. The molecule has 1 aromatic carbocycles. The number of guanidine groups is 1. The second kappa shape index (κ2) is 11.0. The Balaban J connectivity index is 1.38. The number of hydrogen-bond acceptors (Lipinski definition) is 5. The number of amides is 1. The summed E-state index contributed by atoms with van der Waals surface area (Å²) >= 11 is 0. The van der Waals surface area contributed by atoms with E-state index in [9.17, 15) is 4.79 Å². The van der Waals surface area contributed by atoms with Crippen LogP contribution in [0.4, 0.5) is 0 Å². The summed E-state index contributed by atoms with van der Waals surface area (Å²) in [6, 6.07) is 9.84. The quantitative estimate of drug-likeness (QED) is 0.551. The first kappa shape index (κ1) is 21.4. The molecule has 2 aliphatic rings. The molecule has 1 unspecified atom stereocenters. The van der Waals surface area contributed by atoms with Gasteiger partial charge in [-0.1, -0.05) is 18.2 Å². The molecule has 0 spiro atoms. The fourth-order valence-electron chi connectivity index (χ4n) is 3.56. The van der Waals surface area contributed by atoms with Gasteiger partial charge in [-0.15, -0.1) is 0 Å². The number of morpholine rings is 1. The molecule has 0 saturated carbocycles. The van der Waals surface area contributed by atoms with Gasteiger partial charge in [0.2, 0.25) is 5.91 Å². The second-order valence-electron chi connectivity index (χ2n) is 7.43. The largest absolute Gasteiger partial charge is 0.489 e. The third-order valence-corrected chi connectivity index (χ3v) is 5.23. The number of ether oxygens (including phenoxy) is 2. The van der Waals surface area contributed by atoms with E-state index in [1.807, 2.05) is 42.2 Å². The third kappa shape index (κ3) is 6.61. The van der Waals surface area contributed by atoms with Gasteiger partial charge in [0, 0.05) is 46.3 Å². The number of nitrogens with zero attached hydrogens (tertiary/aromatic N) is 4. The minimum Gasteiger partial charge on any atom is -0.489 e. The molecule has 2 heterocycles. The summed E-state index contributed by atoms with van der Waals surface area (Å²) in [7, 11) is 1.80. The molecule has 0 aromatic heterocycles. The zero-order valence-corrected chi connectivity index (χ0v) is 17.5. The molecular weight excluding hydrogens is 370 g/mol. The normalized spacial score (nSPS) is 19.7. The van der Waals surface area contributed by atoms with Crippen molar-refractivity contribution in [3.63, 3.8) is 0 Å². The van der Waals surface area contributed by atoms with Crippen molar-refractivity contribution in [3.05, 3.63) is 30.3 Å². The van der Waals surface area contributed by atoms with E-state index in [1.54, 1.807) is 7.05 Å². The van der Waals surface area contributed by atoms with Gasteiger partial charge in [0.25, 0.3) is 0 Å². The van der Waals surface area contributed by atoms with Crippen LogP contribution in [0.5, 0.6) is 5.75 Å². The molecule has 2 aliphatic heterocycles. The molecule has 1 amide bonds. The van der Waals surface area contributed by atoms with Gasteiger partial charge in [0.15, 0.2) is 5.96 Å². The Hall–Kier alpha value is -2.32. The predicted octanol–water partition coefficient (Wildman–Crippen LogP) is 0.506. The first-order valence-corrected chi connectivity index (χ1v) is 10.4. The fraction of sp³-hybridized carbons (Fsp3) is 0.619. The van der Waals surface area contributed by atoms with Crippen molar-refractivity contribution in [1.29, 1.82) is 0 Å². The van der Waals surface area contributed by atoms with Crippen LogP contribution in [0.1, 0.15) is 6.92 Å². The Morgan fingerprint density at radius 2 is 1.79 bits per heavy atom. The lowest BCUT2D eigenvalue weighted by Gasteiger charge is -2.37. The van der Waals surface area contributed by atoms with Gasteiger partial charge in [0.1, 0.15) is 11.9 Å². The van der Waals surface area contributed by atoms with E-state index in [1.165, 1.54) is 0 Å². The highest BCUT2D eigenvalue weighted by molar-refractivity contribution is 5.80. The first-order chi connectivity index (χ1) is 14.2. The Kier molecular flexibility index (Phi) is 8.13. The van der Waals surface area contributed by atoms with Gasteiger partial charge in [-0.05, 0) is 19.1 Å². The summed E-state index contributed by atoms with van der Waals surface area (Å²) in [5, 5.41) is 3.41. The van der Waals surface area contributed by atoms with Crippen LogP contribution in [0, 0.1) is 0 Å². The van der Waals surface area contributed by atoms with Crippen LogP contribution in [0.3, 0.4) is 0 Å². The Morgan fingerprint density at radius 3 is 2.45 bits per heavy atom. The zero-order valence-electron chi connectivity index (χ0n) is 17.5. The number of rotatable bonds is 6. The number of carbonyl (C=O) groups excluding carboxylic acids is 1. The van der Waals surface area contributed by atoms with Crippen molar-refractivity contribution in [2.24, 2.45) is 4.99 Å². The van der Waals surface area contributed by atoms with Crippen LogP contribution >= 0.6 is 0 Å². The Morgan fingerprint density at radius 1 is 1.10 bits per heavy atom. The maximum Gasteiger partial charge on any atom is 0.236 e. The van der Waals surface area contributed by atoms with Gasteiger partial charge in [0.05, 0.1) is 26.3 Å². The fourth-order valence-corrected chi connectivity index (χ4v) is 3.56. The molecule has 8 nitrogen and oxygen atoms in total. The average molecular weight is 404 g/mol. The molecule has 0 bridgehead atoms. The minimum absolute atomic E-state index is 0.0292. The molecule has 0 aliphatic carbocycles. The molecule has 3 rings (SSSR count). The standard InChI is InChI=1S/C21H33N5O3/c1-18(29-19-6-4-3-5-7-19)16-23-21(22-2)26-10-8-24(9-11-26)17-20(27)25-12-14-28-15-13-25/h3-7,18H,8-17H2,1-2H3,(H,22,23). The highest BCUT2D eigenvalue weighted by Gasteiger charge is 2.24. The van der Waals surface area contributed by atoms with Crippen LogP contribution in [0.25, 0.3) is 0 Å². The van der Waals surface area contributed by atoms with Crippen molar-refractivity contribution < 1.29 is 14.3 Å². The van der Waals surface area contributed by atoms with Crippen LogP contribution < -0.4 is 10.1 Å². The molecular formula is C21H33N5O3. The molecule has 1 atom stereocenters. The molecule has 29 heavy (non-hydrogen) atoms. The smallest absolute Gasteiger partial charge is 0.236 e. The van der Waals surface area contributed by atoms with Crippen molar-refractivity contribution in [3.8, 4) is 5.75 Å². The number of para-hydroxylation sites is 1. The molecule has 8 heteroatoms. The predicted molar refractivity (Wildman–Crippen MR) is 113 cm³/mol. The van der Waals surface area contributed by atoms with E-state index in [2.05, 4.69) is 20.1 Å². The Labute approximate surface area is 173 Å². The van der Waals surface area contributed by atoms with Crippen molar-refractivity contribution in [1.82, 2.24) is 20.0 Å². The number of hydrogen-bond donors (Lipinski definition) is 1. The monoisotopic (exact) mass is 403 g/mol. The third-order valence-electron chi connectivity index (χ3n) is 5.23. The minimum atomic E-state index is 0.0292. The SMILES string of the molecule is CN=C(NCC(C)Oc1ccccc1)N1CCN(CC(=O)N2CCOCC2)CC1. The molecule has 2 fully saturated rings. The van der Waals surface area contributed by atoms with Crippen LogP contribution in [0.2, 0.25) is 0 Å². The zero-order chi connectivity index (χ0) is 20.5. The van der Waals surface area contributed by atoms with Gasteiger partial charge in [-0.2, -0.15) is 0 Å². The highest BCUT2D eigenvalue weighted by atomic mass is 16.5. The van der Waals surface area contributed by atoms with E-state index in [0.29, 0.717) is 39.4 Å². The molecule has 2 saturated heterocycles. The van der Waals surface area contributed by atoms with Crippen molar-refractivity contribution >= 4 is 11.9 Å². The molecule has 1 N–H and O–H groups in total. The summed E-state index contributed by atoms with van der Waals surface area (Å²) in [6.07, 6.45) is 0.0292. The number of benzene rings is 1. The van der Waals surface area contributed by atoms with E-state index >= 15 is 0 Å². The van der Waals surface area contributed by atoms with Gasteiger partial charge in [-0.3, -0.25) is 14.7 Å². The lowest BCUT2D eigenvalue weighted by molar-refractivity contribution is -0.136. The van der Waals surface area contributed by atoms with Gasteiger partial charge in [-0.25, -0.2) is 0 Å². The maximum atomic E-state index is 12.4. The lowest BCUT2D eigenvalue weighted by Crippen LogP contribution is -2.55. The molecule has 0 radical (unpaired) electrons.